The minimum Gasteiger partial charge on any atom is -0.481 e. The average molecular weight is 239 g/mol. The molecule has 4 nitrogen and oxygen atoms in total. The van der Waals surface area contributed by atoms with E-state index < -0.39 is 5.97 Å². The Bertz CT molecular complexity index is 280. The Balaban J connectivity index is 2.15. The van der Waals surface area contributed by atoms with Crippen LogP contribution in [0.5, 0.6) is 0 Å². The van der Waals surface area contributed by atoms with Crippen molar-refractivity contribution in [3.8, 4) is 0 Å². The van der Waals surface area contributed by atoms with Gasteiger partial charge in [0.1, 0.15) is 0 Å². The normalized spacial score (nSPS) is 24.0. The zero-order valence-corrected chi connectivity index (χ0v) is 10.2. The molecule has 96 valence electrons. The zero-order valence-electron chi connectivity index (χ0n) is 10.2. The lowest BCUT2D eigenvalue weighted by Gasteiger charge is -2.26. The molecule has 17 heavy (non-hydrogen) atoms. The van der Waals surface area contributed by atoms with Crippen LogP contribution in [0, 0.1) is 11.8 Å². The molecule has 1 saturated carbocycles. The van der Waals surface area contributed by atoms with E-state index in [9.17, 15) is 9.59 Å². The first-order valence-corrected chi connectivity index (χ1v) is 6.24. The first kappa shape index (κ1) is 13.7. The summed E-state index contributed by atoms with van der Waals surface area (Å²) in [5, 5.41) is 11.8. The van der Waals surface area contributed by atoms with Crippen LogP contribution >= 0.6 is 0 Å². The fraction of sp³-hybridized carbons (Fsp3) is 0.692. The summed E-state index contributed by atoms with van der Waals surface area (Å²) >= 11 is 0. The van der Waals surface area contributed by atoms with Gasteiger partial charge in [0.15, 0.2) is 0 Å². The number of aliphatic carboxylic acids is 1. The Hall–Kier alpha value is -1.32. The van der Waals surface area contributed by atoms with Gasteiger partial charge in [-0.2, -0.15) is 0 Å². The second kappa shape index (κ2) is 7.09. The number of amides is 1. The lowest BCUT2D eigenvalue weighted by Crippen LogP contribution is -2.32. The number of carbonyl (C=O) groups excluding carboxylic acids is 1. The molecule has 4 heteroatoms. The van der Waals surface area contributed by atoms with Crippen molar-refractivity contribution >= 4 is 11.9 Å². The predicted octanol–water partition coefficient (Wildman–Crippen LogP) is 1.96. The second-order valence-corrected chi connectivity index (χ2v) is 4.69. The van der Waals surface area contributed by atoms with Gasteiger partial charge >= 0.3 is 5.97 Å². The van der Waals surface area contributed by atoms with Gasteiger partial charge in [0, 0.05) is 13.0 Å². The summed E-state index contributed by atoms with van der Waals surface area (Å²) in [6.07, 6.45) is 6.21. The maximum atomic E-state index is 11.4. The third-order valence-corrected chi connectivity index (χ3v) is 3.36. The van der Waals surface area contributed by atoms with Crippen molar-refractivity contribution in [2.45, 2.75) is 38.5 Å². The van der Waals surface area contributed by atoms with Crippen LogP contribution in [0.4, 0.5) is 0 Å². The fourth-order valence-electron chi connectivity index (χ4n) is 2.19. The van der Waals surface area contributed by atoms with E-state index in [0.717, 1.165) is 25.7 Å². The second-order valence-electron chi connectivity index (χ2n) is 4.69. The first-order valence-electron chi connectivity index (χ1n) is 6.24. The molecule has 0 aromatic carbocycles. The number of rotatable bonds is 6. The van der Waals surface area contributed by atoms with Crippen LogP contribution in [0.2, 0.25) is 0 Å². The molecule has 1 aliphatic carbocycles. The van der Waals surface area contributed by atoms with E-state index in [1.54, 1.807) is 6.08 Å². The van der Waals surface area contributed by atoms with Crippen LogP contribution in [0.1, 0.15) is 38.5 Å². The standard InChI is InChI=1S/C13H21NO3/c1-2-3-4-12(15)14-9-10-5-7-11(8-6-10)13(16)17/h2,10-11H,1,3-9H2,(H,14,15)(H,16,17). The Kier molecular flexibility index (Phi) is 5.73. The molecular weight excluding hydrogens is 218 g/mol. The maximum Gasteiger partial charge on any atom is 0.306 e. The monoisotopic (exact) mass is 239 g/mol. The summed E-state index contributed by atoms with van der Waals surface area (Å²) in [7, 11) is 0. The van der Waals surface area contributed by atoms with Crippen LogP contribution in [0.15, 0.2) is 12.7 Å². The molecule has 1 fully saturated rings. The molecule has 0 radical (unpaired) electrons. The highest BCUT2D eigenvalue weighted by Gasteiger charge is 2.25. The molecule has 1 aliphatic rings. The van der Waals surface area contributed by atoms with Crippen molar-refractivity contribution in [1.82, 2.24) is 5.32 Å². The van der Waals surface area contributed by atoms with Crippen LogP contribution in [-0.4, -0.2) is 23.5 Å². The predicted molar refractivity (Wildman–Crippen MR) is 65.5 cm³/mol. The van der Waals surface area contributed by atoms with Gasteiger partial charge in [0.25, 0.3) is 0 Å². The topological polar surface area (TPSA) is 66.4 Å². The van der Waals surface area contributed by atoms with Gasteiger partial charge in [0.2, 0.25) is 5.91 Å². The van der Waals surface area contributed by atoms with Crippen LogP contribution in [-0.2, 0) is 9.59 Å². The average Bonchev–Trinajstić information content (AvgIpc) is 2.34. The van der Waals surface area contributed by atoms with Gasteiger partial charge in [-0.05, 0) is 38.0 Å². The molecule has 1 rings (SSSR count). The number of hydrogen-bond acceptors (Lipinski definition) is 2. The van der Waals surface area contributed by atoms with E-state index >= 15 is 0 Å². The van der Waals surface area contributed by atoms with Crippen LogP contribution < -0.4 is 5.32 Å². The van der Waals surface area contributed by atoms with E-state index in [0.29, 0.717) is 25.3 Å². The van der Waals surface area contributed by atoms with Gasteiger partial charge in [-0.3, -0.25) is 9.59 Å². The van der Waals surface area contributed by atoms with Crippen LogP contribution in [0.25, 0.3) is 0 Å². The Morgan fingerprint density at radius 1 is 1.29 bits per heavy atom. The third kappa shape index (κ3) is 5.02. The molecule has 0 aromatic rings. The minimum absolute atomic E-state index is 0.0604. The fourth-order valence-corrected chi connectivity index (χ4v) is 2.19. The summed E-state index contributed by atoms with van der Waals surface area (Å²) in [6.45, 7) is 4.25. The smallest absolute Gasteiger partial charge is 0.306 e. The molecule has 0 bridgehead atoms. The van der Waals surface area contributed by atoms with Gasteiger partial charge in [-0.1, -0.05) is 6.08 Å². The summed E-state index contributed by atoms with van der Waals surface area (Å²) in [5.74, 6) is -0.357. The van der Waals surface area contributed by atoms with E-state index in [2.05, 4.69) is 11.9 Å². The summed E-state index contributed by atoms with van der Waals surface area (Å²) in [4.78, 5) is 22.1. The van der Waals surface area contributed by atoms with E-state index in [1.165, 1.54) is 0 Å². The van der Waals surface area contributed by atoms with Gasteiger partial charge in [0.05, 0.1) is 5.92 Å². The van der Waals surface area contributed by atoms with Crippen molar-refractivity contribution < 1.29 is 14.7 Å². The molecule has 0 saturated heterocycles. The largest absolute Gasteiger partial charge is 0.481 e. The molecule has 2 N–H and O–H groups in total. The SMILES string of the molecule is C=CCCC(=O)NCC1CCC(C(=O)O)CC1. The molecule has 0 heterocycles. The zero-order chi connectivity index (χ0) is 12.7. The van der Waals surface area contributed by atoms with Crippen molar-refractivity contribution in [1.29, 1.82) is 0 Å². The number of nitrogens with one attached hydrogen (secondary N) is 1. The maximum absolute atomic E-state index is 11.4. The third-order valence-electron chi connectivity index (χ3n) is 3.36. The number of carboxylic acid groups (broad SMARTS) is 1. The molecule has 1 amide bonds. The first-order chi connectivity index (χ1) is 8.13. The van der Waals surface area contributed by atoms with Gasteiger partial charge in [-0.25, -0.2) is 0 Å². The molecule has 0 spiro atoms. The lowest BCUT2D eigenvalue weighted by atomic mass is 9.82. The van der Waals surface area contributed by atoms with E-state index in [4.69, 9.17) is 5.11 Å². The molecule has 0 aromatic heterocycles. The van der Waals surface area contributed by atoms with E-state index in [-0.39, 0.29) is 11.8 Å². The van der Waals surface area contributed by atoms with Crippen molar-refractivity contribution in [3.05, 3.63) is 12.7 Å². The lowest BCUT2D eigenvalue weighted by molar-refractivity contribution is -0.143. The molecule has 0 aliphatic heterocycles. The van der Waals surface area contributed by atoms with Crippen molar-refractivity contribution in [2.24, 2.45) is 11.8 Å². The Morgan fingerprint density at radius 2 is 1.94 bits per heavy atom. The summed E-state index contributed by atoms with van der Waals surface area (Å²) in [6, 6.07) is 0. The van der Waals surface area contributed by atoms with Crippen molar-refractivity contribution in [3.63, 3.8) is 0 Å². The van der Waals surface area contributed by atoms with Crippen LogP contribution in [0.3, 0.4) is 0 Å². The summed E-state index contributed by atoms with van der Waals surface area (Å²) in [5.41, 5.74) is 0. The van der Waals surface area contributed by atoms with Crippen molar-refractivity contribution in [2.75, 3.05) is 6.54 Å². The number of carboxylic acids is 1. The molecular formula is C13H21NO3. The molecule has 0 atom stereocenters. The van der Waals surface area contributed by atoms with Gasteiger partial charge in [-0.15, -0.1) is 6.58 Å². The van der Waals surface area contributed by atoms with Gasteiger partial charge < -0.3 is 10.4 Å². The Labute approximate surface area is 102 Å². The highest BCUT2D eigenvalue weighted by atomic mass is 16.4. The minimum atomic E-state index is -0.682. The summed E-state index contributed by atoms with van der Waals surface area (Å²) < 4.78 is 0. The Morgan fingerprint density at radius 3 is 2.47 bits per heavy atom. The number of hydrogen-bond donors (Lipinski definition) is 2. The highest BCUT2D eigenvalue weighted by molar-refractivity contribution is 5.76. The molecule has 0 unspecified atom stereocenters. The quantitative estimate of drug-likeness (QED) is 0.696. The number of allylic oxidation sites excluding steroid dienone is 1. The highest BCUT2D eigenvalue weighted by Crippen LogP contribution is 2.28. The van der Waals surface area contributed by atoms with E-state index in [1.807, 2.05) is 0 Å². The number of carbonyl (C=O) groups is 2.